The smallest absolute Gasteiger partial charge is 0.262 e. The standard InChI is InChI=1S/C13H15NO2.C2H6/c1-4-13(2,3)14-11(15)9-7-5-6-8-10(9)12(14)16;1-2/h5-8H,4H2,1-3H3;1-2H3. The van der Waals surface area contributed by atoms with Crippen molar-refractivity contribution in [3.8, 4) is 0 Å². The van der Waals surface area contributed by atoms with Gasteiger partial charge < -0.3 is 0 Å². The quantitative estimate of drug-likeness (QED) is 0.750. The van der Waals surface area contributed by atoms with Crippen molar-refractivity contribution in [1.82, 2.24) is 4.90 Å². The van der Waals surface area contributed by atoms with Crippen LogP contribution in [0, 0.1) is 0 Å². The molecule has 0 N–H and O–H groups in total. The molecule has 0 radical (unpaired) electrons. The SMILES string of the molecule is CC.CCC(C)(C)N1C(=O)c2ccccc2C1=O. The molecule has 0 spiro atoms. The molecule has 3 nitrogen and oxygen atoms in total. The van der Waals surface area contributed by atoms with E-state index in [2.05, 4.69) is 0 Å². The van der Waals surface area contributed by atoms with Crippen molar-refractivity contribution in [3.05, 3.63) is 35.4 Å². The maximum absolute atomic E-state index is 12.1. The van der Waals surface area contributed by atoms with Gasteiger partial charge in [0.05, 0.1) is 11.1 Å². The van der Waals surface area contributed by atoms with E-state index in [0.717, 1.165) is 6.42 Å². The molecule has 2 amide bonds. The lowest BCUT2D eigenvalue weighted by Crippen LogP contribution is -2.47. The lowest BCUT2D eigenvalue weighted by atomic mass is 9.99. The Balaban J connectivity index is 0.000000771. The fourth-order valence-electron chi connectivity index (χ4n) is 1.90. The van der Waals surface area contributed by atoms with Gasteiger partial charge >= 0.3 is 0 Å². The number of carbonyl (C=O) groups is 2. The van der Waals surface area contributed by atoms with Gasteiger partial charge in [-0.05, 0) is 32.4 Å². The topological polar surface area (TPSA) is 37.4 Å². The molecule has 0 aliphatic carbocycles. The molecule has 1 heterocycles. The molecule has 1 aromatic carbocycles. The van der Waals surface area contributed by atoms with Crippen molar-refractivity contribution in [2.75, 3.05) is 0 Å². The minimum atomic E-state index is -0.423. The predicted octanol–water partition coefficient (Wildman–Crippen LogP) is 3.50. The molecule has 0 saturated heterocycles. The normalized spacial score (nSPS) is 14.2. The number of carbonyl (C=O) groups excluding carboxylic acids is 2. The van der Waals surface area contributed by atoms with E-state index in [4.69, 9.17) is 0 Å². The van der Waals surface area contributed by atoms with Crippen LogP contribution in [0.15, 0.2) is 24.3 Å². The Kier molecular flexibility index (Phi) is 4.28. The predicted molar refractivity (Wildman–Crippen MR) is 72.7 cm³/mol. The Bertz CT molecular complexity index is 428. The average molecular weight is 247 g/mol. The van der Waals surface area contributed by atoms with E-state index >= 15 is 0 Å². The third-order valence-electron chi connectivity index (χ3n) is 3.26. The van der Waals surface area contributed by atoms with Crippen molar-refractivity contribution >= 4 is 11.8 Å². The molecule has 0 fully saturated rings. The van der Waals surface area contributed by atoms with Gasteiger partial charge in [-0.3, -0.25) is 14.5 Å². The fourth-order valence-corrected chi connectivity index (χ4v) is 1.90. The first-order chi connectivity index (χ1) is 8.49. The molecule has 3 heteroatoms. The van der Waals surface area contributed by atoms with Crippen molar-refractivity contribution in [3.63, 3.8) is 0 Å². The summed E-state index contributed by atoms with van der Waals surface area (Å²) in [6, 6.07) is 6.99. The molecule has 1 aromatic rings. The first-order valence-electron chi connectivity index (χ1n) is 6.47. The zero-order chi connectivity index (χ0) is 13.9. The summed E-state index contributed by atoms with van der Waals surface area (Å²) in [6.45, 7) is 9.80. The molecular weight excluding hydrogens is 226 g/mol. The van der Waals surface area contributed by atoms with Gasteiger partial charge in [0.15, 0.2) is 0 Å². The second kappa shape index (κ2) is 5.34. The number of imide groups is 1. The maximum Gasteiger partial charge on any atom is 0.262 e. The van der Waals surface area contributed by atoms with Crippen LogP contribution in [-0.2, 0) is 0 Å². The molecule has 98 valence electrons. The van der Waals surface area contributed by atoms with Crippen LogP contribution in [0.2, 0.25) is 0 Å². The summed E-state index contributed by atoms with van der Waals surface area (Å²) in [6.07, 6.45) is 0.748. The Hall–Kier alpha value is -1.64. The number of rotatable bonds is 2. The first-order valence-corrected chi connectivity index (χ1v) is 6.47. The Morgan fingerprint density at radius 2 is 1.39 bits per heavy atom. The molecule has 0 bridgehead atoms. The van der Waals surface area contributed by atoms with Gasteiger partial charge in [-0.2, -0.15) is 0 Å². The molecule has 0 saturated carbocycles. The van der Waals surface area contributed by atoms with Crippen LogP contribution >= 0.6 is 0 Å². The highest BCUT2D eigenvalue weighted by atomic mass is 16.2. The summed E-state index contributed by atoms with van der Waals surface area (Å²) in [5, 5.41) is 0. The fraction of sp³-hybridized carbons (Fsp3) is 0.467. The van der Waals surface area contributed by atoms with Gasteiger partial charge in [-0.15, -0.1) is 0 Å². The summed E-state index contributed by atoms with van der Waals surface area (Å²) < 4.78 is 0. The van der Waals surface area contributed by atoms with E-state index in [-0.39, 0.29) is 11.8 Å². The van der Waals surface area contributed by atoms with Gasteiger partial charge in [0.25, 0.3) is 11.8 Å². The van der Waals surface area contributed by atoms with E-state index in [1.165, 1.54) is 4.90 Å². The molecule has 18 heavy (non-hydrogen) atoms. The van der Waals surface area contributed by atoms with Crippen molar-refractivity contribution in [2.45, 2.75) is 46.6 Å². The van der Waals surface area contributed by atoms with Crippen molar-refractivity contribution in [2.24, 2.45) is 0 Å². The highest BCUT2D eigenvalue weighted by Gasteiger charge is 2.42. The maximum atomic E-state index is 12.1. The van der Waals surface area contributed by atoms with Crippen LogP contribution in [0.1, 0.15) is 61.8 Å². The number of fused-ring (bicyclic) bond motifs is 1. The molecule has 0 atom stereocenters. The van der Waals surface area contributed by atoms with Crippen LogP contribution in [0.5, 0.6) is 0 Å². The highest BCUT2D eigenvalue weighted by Crippen LogP contribution is 2.30. The number of hydrogen-bond acceptors (Lipinski definition) is 2. The minimum absolute atomic E-state index is 0.174. The number of benzene rings is 1. The van der Waals surface area contributed by atoms with Crippen LogP contribution in [0.25, 0.3) is 0 Å². The minimum Gasteiger partial charge on any atom is -0.269 e. The zero-order valence-corrected chi connectivity index (χ0v) is 11.8. The number of amides is 2. The van der Waals surface area contributed by atoms with E-state index < -0.39 is 5.54 Å². The Morgan fingerprint density at radius 1 is 1.00 bits per heavy atom. The second-order valence-corrected chi connectivity index (χ2v) is 4.66. The highest BCUT2D eigenvalue weighted by molar-refractivity contribution is 6.21. The zero-order valence-electron chi connectivity index (χ0n) is 11.8. The molecular formula is C15H21NO2. The second-order valence-electron chi connectivity index (χ2n) is 4.66. The summed E-state index contributed by atoms with van der Waals surface area (Å²) in [7, 11) is 0. The molecule has 1 aliphatic rings. The van der Waals surface area contributed by atoms with Gasteiger partial charge in [0.1, 0.15) is 0 Å². The average Bonchev–Trinajstić information content (AvgIpc) is 2.65. The Labute approximate surface area is 109 Å². The number of nitrogens with zero attached hydrogens (tertiary/aromatic N) is 1. The number of hydrogen-bond donors (Lipinski definition) is 0. The van der Waals surface area contributed by atoms with Crippen LogP contribution in [0.4, 0.5) is 0 Å². The van der Waals surface area contributed by atoms with Crippen LogP contribution in [-0.4, -0.2) is 22.3 Å². The molecule has 0 unspecified atom stereocenters. The Morgan fingerprint density at radius 3 is 1.72 bits per heavy atom. The van der Waals surface area contributed by atoms with E-state index in [9.17, 15) is 9.59 Å². The van der Waals surface area contributed by atoms with Crippen LogP contribution < -0.4 is 0 Å². The van der Waals surface area contributed by atoms with Gasteiger partial charge in [-0.25, -0.2) is 0 Å². The summed E-state index contributed by atoms with van der Waals surface area (Å²) in [5.74, 6) is -0.347. The monoisotopic (exact) mass is 247 g/mol. The van der Waals surface area contributed by atoms with Crippen molar-refractivity contribution < 1.29 is 9.59 Å². The third-order valence-corrected chi connectivity index (χ3v) is 3.26. The molecule has 0 aromatic heterocycles. The lowest BCUT2D eigenvalue weighted by Gasteiger charge is -2.32. The van der Waals surface area contributed by atoms with E-state index in [0.29, 0.717) is 11.1 Å². The largest absolute Gasteiger partial charge is 0.269 e. The lowest BCUT2D eigenvalue weighted by molar-refractivity contribution is 0.0474. The van der Waals surface area contributed by atoms with Gasteiger partial charge in [0.2, 0.25) is 0 Å². The summed E-state index contributed by atoms with van der Waals surface area (Å²) in [4.78, 5) is 25.6. The molecule has 2 rings (SSSR count). The summed E-state index contributed by atoms with van der Waals surface area (Å²) in [5.41, 5.74) is 0.621. The van der Waals surface area contributed by atoms with Crippen molar-refractivity contribution in [1.29, 1.82) is 0 Å². The first kappa shape index (κ1) is 14.4. The summed E-state index contributed by atoms with van der Waals surface area (Å²) >= 11 is 0. The van der Waals surface area contributed by atoms with Crippen LogP contribution in [0.3, 0.4) is 0 Å². The van der Waals surface area contributed by atoms with E-state index in [1.54, 1.807) is 24.3 Å². The van der Waals surface area contributed by atoms with E-state index in [1.807, 2.05) is 34.6 Å². The van der Waals surface area contributed by atoms with Gasteiger partial charge in [-0.1, -0.05) is 32.9 Å². The molecule has 1 aliphatic heterocycles. The van der Waals surface area contributed by atoms with Gasteiger partial charge in [0, 0.05) is 5.54 Å². The third kappa shape index (κ3) is 2.17.